The number of rotatable bonds is 6. The van der Waals surface area contributed by atoms with Gasteiger partial charge in [0.05, 0.1) is 13.1 Å². The molecule has 0 atom stereocenters. The van der Waals surface area contributed by atoms with Crippen LogP contribution in [0.25, 0.3) is 0 Å². The summed E-state index contributed by atoms with van der Waals surface area (Å²) in [6.45, 7) is 1.12. The van der Waals surface area contributed by atoms with Crippen LogP contribution in [0.15, 0.2) is 9.98 Å². The van der Waals surface area contributed by atoms with Crippen LogP contribution in [0, 0.1) is 0 Å². The molecule has 0 heterocycles. The summed E-state index contributed by atoms with van der Waals surface area (Å²) in [5.41, 5.74) is 10.2. The molecular formula is C7H14N4NiO2-2. The fourth-order valence-corrected chi connectivity index (χ4v) is 0.620. The first-order valence-electron chi connectivity index (χ1n) is 4.01. The topological polar surface area (TPSA) is 123 Å². The van der Waals surface area contributed by atoms with Crippen LogP contribution >= 0.6 is 0 Å². The Balaban J connectivity index is 0. The fourth-order valence-electron chi connectivity index (χ4n) is 0.620. The van der Waals surface area contributed by atoms with Gasteiger partial charge in [-0.15, -0.1) is 0 Å². The Morgan fingerprint density at radius 1 is 0.929 bits per heavy atom. The first-order chi connectivity index (χ1) is 6.20. The van der Waals surface area contributed by atoms with E-state index in [0.717, 1.165) is 0 Å². The average molecular weight is 245 g/mol. The van der Waals surface area contributed by atoms with Crippen molar-refractivity contribution in [3.05, 3.63) is 0 Å². The van der Waals surface area contributed by atoms with Gasteiger partial charge in [-0.25, -0.2) is 0 Å². The molecule has 0 bridgehead atoms. The molecule has 4 N–H and O–H groups in total. The van der Waals surface area contributed by atoms with E-state index in [1.165, 1.54) is 0 Å². The van der Waals surface area contributed by atoms with Crippen molar-refractivity contribution >= 4 is 11.8 Å². The molecule has 0 spiro atoms. The quantitative estimate of drug-likeness (QED) is 0.290. The molecule has 6 nitrogen and oxygen atoms in total. The van der Waals surface area contributed by atoms with Gasteiger partial charge in [0.15, 0.2) is 0 Å². The second-order valence-electron chi connectivity index (χ2n) is 2.31. The van der Waals surface area contributed by atoms with Crippen molar-refractivity contribution in [2.24, 2.45) is 21.5 Å². The van der Waals surface area contributed by atoms with Crippen molar-refractivity contribution in [1.29, 1.82) is 0 Å². The maximum atomic E-state index is 10.8. The molecule has 0 amide bonds. The van der Waals surface area contributed by atoms with Crippen molar-refractivity contribution in [2.75, 3.05) is 26.2 Å². The van der Waals surface area contributed by atoms with E-state index in [0.29, 0.717) is 13.1 Å². The van der Waals surface area contributed by atoms with E-state index < -0.39 is 11.8 Å². The predicted octanol–water partition coefficient (Wildman–Crippen LogP) is -3.19. The summed E-state index contributed by atoms with van der Waals surface area (Å²) in [6.07, 6.45) is -0.278. The van der Waals surface area contributed by atoms with Crippen molar-refractivity contribution < 1.29 is 26.7 Å². The number of nitrogens with two attached hydrogens (primary N) is 2. The molecule has 0 radical (unpaired) electrons. The third-order valence-electron chi connectivity index (χ3n) is 1.14. The number of hydrogen-bond donors (Lipinski definition) is 2. The Labute approximate surface area is 93.0 Å². The van der Waals surface area contributed by atoms with Gasteiger partial charge in [0.2, 0.25) is 0 Å². The van der Waals surface area contributed by atoms with Gasteiger partial charge in [-0.2, -0.15) is 0 Å². The molecule has 0 rings (SSSR count). The smallest absolute Gasteiger partial charge is 0.0501 e. The summed E-state index contributed by atoms with van der Waals surface area (Å²) in [7, 11) is 0. The van der Waals surface area contributed by atoms with Gasteiger partial charge in [0.1, 0.15) is 0 Å². The molecule has 0 saturated heterocycles. The van der Waals surface area contributed by atoms with E-state index in [1.807, 2.05) is 0 Å². The second kappa shape index (κ2) is 10.4. The van der Waals surface area contributed by atoms with E-state index in [1.54, 1.807) is 0 Å². The zero-order chi connectivity index (χ0) is 10.1. The monoisotopic (exact) mass is 244 g/mol. The zero-order valence-electron chi connectivity index (χ0n) is 7.72. The van der Waals surface area contributed by atoms with Gasteiger partial charge < -0.3 is 31.7 Å². The molecule has 14 heavy (non-hydrogen) atoms. The molecular weight excluding hydrogens is 231 g/mol. The van der Waals surface area contributed by atoms with Gasteiger partial charge in [0, 0.05) is 36.0 Å². The molecule has 0 unspecified atom stereocenters. The molecule has 86 valence electrons. The molecule has 7 heteroatoms. The van der Waals surface area contributed by atoms with Crippen LogP contribution in [0.5, 0.6) is 0 Å². The Bertz CT molecular complexity index is 176. The normalized spacial score (nSPS) is 12.4. The van der Waals surface area contributed by atoms with Gasteiger partial charge in [-0.3, -0.25) is 0 Å². The standard InChI is InChI=1S/C7H16N4O2.Ni/c8-1-3-10-6(12)5-7(13)11-4-2-9;/h1-5,8-9H2,(H,10,12)(H,11,13);/p-2. The molecule has 0 aromatic carbocycles. The van der Waals surface area contributed by atoms with E-state index >= 15 is 0 Å². The summed E-state index contributed by atoms with van der Waals surface area (Å²) in [4.78, 5) is 7.03. The van der Waals surface area contributed by atoms with Crippen molar-refractivity contribution in [2.45, 2.75) is 6.42 Å². The van der Waals surface area contributed by atoms with Crippen LogP contribution in [0.4, 0.5) is 0 Å². The summed E-state index contributed by atoms with van der Waals surface area (Å²) in [5.74, 6) is -0.951. The minimum Gasteiger partial charge on any atom is -0.862 e. The van der Waals surface area contributed by atoms with Crippen LogP contribution in [0.2, 0.25) is 0 Å². The van der Waals surface area contributed by atoms with Gasteiger partial charge >= 0.3 is 0 Å². The predicted molar refractivity (Wildman–Crippen MR) is 47.3 cm³/mol. The van der Waals surface area contributed by atoms with Gasteiger partial charge in [0.25, 0.3) is 0 Å². The largest absolute Gasteiger partial charge is 0.862 e. The first-order valence-corrected chi connectivity index (χ1v) is 4.01. The molecule has 0 saturated carbocycles. The van der Waals surface area contributed by atoms with Crippen LogP contribution in [-0.4, -0.2) is 38.0 Å². The molecule has 0 aliphatic heterocycles. The minimum absolute atomic E-state index is 0. The van der Waals surface area contributed by atoms with E-state index in [-0.39, 0.29) is 36.0 Å². The average Bonchev–Trinajstić information content (AvgIpc) is 2.11. The minimum atomic E-state index is -0.476. The summed E-state index contributed by atoms with van der Waals surface area (Å²) < 4.78 is 0. The zero-order valence-corrected chi connectivity index (χ0v) is 8.70. The maximum Gasteiger partial charge on any atom is 0.0501 e. The summed E-state index contributed by atoms with van der Waals surface area (Å²) in [5, 5.41) is 21.7. The van der Waals surface area contributed by atoms with E-state index in [9.17, 15) is 10.2 Å². The SMILES string of the molecule is NCCN=C([O-])CC([O-])=NCCN.[Ni]. The van der Waals surface area contributed by atoms with E-state index in [4.69, 9.17) is 11.5 Å². The van der Waals surface area contributed by atoms with Crippen LogP contribution < -0.4 is 21.7 Å². The van der Waals surface area contributed by atoms with Gasteiger partial charge in [-0.05, 0) is 11.8 Å². The van der Waals surface area contributed by atoms with Crippen molar-refractivity contribution in [3.8, 4) is 0 Å². The molecule has 0 aromatic rings. The Hall–Kier alpha value is -0.646. The Kier molecular flexibility index (Phi) is 11.8. The molecule has 0 aliphatic carbocycles. The number of nitrogens with zero attached hydrogens (tertiary/aromatic N) is 2. The Morgan fingerprint density at radius 2 is 1.29 bits per heavy atom. The molecule has 0 aliphatic rings. The summed E-state index contributed by atoms with van der Waals surface area (Å²) >= 11 is 0. The van der Waals surface area contributed by atoms with Crippen LogP contribution in [0.1, 0.15) is 6.42 Å². The molecule has 0 fully saturated rings. The third kappa shape index (κ3) is 9.44. The van der Waals surface area contributed by atoms with Crippen molar-refractivity contribution in [3.63, 3.8) is 0 Å². The third-order valence-corrected chi connectivity index (χ3v) is 1.14. The van der Waals surface area contributed by atoms with E-state index in [2.05, 4.69) is 9.98 Å². The van der Waals surface area contributed by atoms with Crippen LogP contribution in [0.3, 0.4) is 0 Å². The number of hydrogen-bond acceptors (Lipinski definition) is 6. The Morgan fingerprint density at radius 3 is 1.57 bits per heavy atom. The first kappa shape index (κ1) is 15.8. The second-order valence-corrected chi connectivity index (χ2v) is 2.31. The molecule has 0 aromatic heterocycles. The maximum absolute atomic E-state index is 10.8. The summed E-state index contributed by atoms with van der Waals surface area (Å²) in [6, 6.07) is 0. The van der Waals surface area contributed by atoms with Gasteiger partial charge in [-0.1, -0.05) is 0 Å². The number of aliphatic imine (C=N–C) groups is 2. The van der Waals surface area contributed by atoms with Crippen LogP contribution in [-0.2, 0) is 16.5 Å². The fraction of sp³-hybridized carbons (Fsp3) is 0.714. The van der Waals surface area contributed by atoms with Crippen molar-refractivity contribution in [1.82, 2.24) is 0 Å².